The number of hydrogen-bond donors (Lipinski definition) is 1. The molecule has 3 aromatic rings. The van der Waals surface area contributed by atoms with Crippen LogP contribution in [0, 0.1) is 5.82 Å². The summed E-state index contributed by atoms with van der Waals surface area (Å²) in [6.07, 6.45) is 3.78. The second kappa shape index (κ2) is 14.4. The highest BCUT2D eigenvalue weighted by molar-refractivity contribution is 7.92. The number of amides is 2. The molecule has 12 heteroatoms. The SMILES string of the molecule is COc1ccc(CN(C(=O)CN(c2ccc(F)cc2)S(=O)(=O)c2ccc(OC)c(OC)c2)C(C)C(=O)NC2CCCC2)cc1. The number of nitrogens with one attached hydrogen (secondary N) is 1. The van der Waals surface area contributed by atoms with E-state index in [1.54, 1.807) is 38.3 Å². The average Bonchev–Trinajstić information content (AvgIpc) is 3.55. The molecule has 236 valence electrons. The molecule has 1 aliphatic rings. The normalized spacial score (nSPS) is 14.0. The summed E-state index contributed by atoms with van der Waals surface area (Å²) < 4.78 is 58.7. The summed E-state index contributed by atoms with van der Waals surface area (Å²) in [6, 6.07) is 15.0. The van der Waals surface area contributed by atoms with E-state index in [9.17, 15) is 22.4 Å². The highest BCUT2D eigenvalue weighted by atomic mass is 32.2. The van der Waals surface area contributed by atoms with Crippen LogP contribution in [-0.4, -0.2) is 65.1 Å². The number of carbonyl (C=O) groups excluding carboxylic acids is 2. The number of hydrogen-bond acceptors (Lipinski definition) is 7. The molecule has 10 nitrogen and oxygen atoms in total. The Hall–Kier alpha value is -4.32. The van der Waals surface area contributed by atoms with E-state index in [1.165, 1.54) is 49.5 Å². The smallest absolute Gasteiger partial charge is 0.264 e. The molecule has 0 bridgehead atoms. The Morgan fingerprint density at radius 2 is 1.55 bits per heavy atom. The van der Waals surface area contributed by atoms with E-state index in [0.717, 1.165) is 47.7 Å². The minimum atomic E-state index is -4.39. The van der Waals surface area contributed by atoms with Gasteiger partial charge in [-0.05, 0) is 73.9 Å². The summed E-state index contributed by atoms with van der Waals surface area (Å²) in [5.74, 6) is -0.386. The van der Waals surface area contributed by atoms with Crippen LogP contribution >= 0.6 is 0 Å². The van der Waals surface area contributed by atoms with Crippen molar-refractivity contribution in [2.75, 3.05) is 32.2 Å². The minimum Gasteiger partial charge on any atom is -0.497 e. The van der Waals surface area contributed by atoms with Crippen LogP contribution in [0.25, 0.3) is 0 Å². The molecule has 0 aromatic heterocycles. The van der Waals surface area contributed by atoms with Crippen molar-refractivity contribution in [3.05, 3.63) is 78.1 Å². The van der Waals surface area contributed by atoms with E-state index in [-0.39, 0.29) is 34.8 Å². The van der Waals surface area contributed by atoms with E-state index < -0.39 is 34.3 Å². The molecule has 44 heavy (non-hydrogen) atoms. The Balaban J connectivity index is 1.71. The van der Waals surface area contributed by atoms with Crippen molar-refractivity contribution < 1.29 is 36.6 Å². The van der Waals surface area contributed by atoms with Crippen LogP contribution < -0.4 is 23.8 Å². The lowest BCUT2D eigenvalue weighted by molar-refractivity contribution is -0.139. The lowest BCUT2D eigenvalue weighted by Crippen LogP contribution is -2.52. The van der Waals surface area contributed by atoms with Crippen molar-refractivity contribution in [1.29, 1.82) is 0 Å². The predicted octanol–water partition coefficient (Wildman–Crippen LogP) is 4.52. The third kappa shape index (κ3) is 7.60. The number of carbonyl (C=O) groups is 2. The Bertz CT molecular complexity index is 1540. The van der Waals surface area contributed by atoms with Gasteiger partial charge in [-0.1, -0.05) is 25.0 Å². The largest absolute Gasteiger partial charge is 0.497 e. The van der Waals surface area contributed by atoms with Gasteiger partial charge in [-0.15, -0.1) is 0 Å². The summed E-state index contributed by atoms with van der Waals surface area (Å²) in [5.41, 5.74) is 0.790. The maximum Gasteiger partial charge on any atom is 0.264 e. The lowest BCUT2D eigenvalue weighted by atomic mass is 10.1. The number of rotatable bonds is 13. The van der Waals surface area contributed by atoms with Gasteiger partial charge >= 0.3 is 0 Å². The molecule has 1 atom stereocenters. The number of ether oxygens (including phenoxy) is 3. The Kier molecular flexibility index (Phi) is 10.7. The quantitative estimate of drug-likeness (QED) is 0.296. The second-order valence-electron chi connectivity index (χ2n) is 10.5. The molecule has 0 radical (unpaired) electrons. The summed E-state index contributed by atoms with van der Waals surface area (Å²) in [6.45, 7) is 1.01. The van der Waals surface area contributed by atoms with E-state index in [4.69, 9.17) is 14.2 Å². The third-order valence-electron chi connectivity index (χ3n) is 7.72. The first-order chi connectivity index (χ1) is 21.1. The molecular formula is C32H38FN3O7S. The molecule has 3 aromatic carbocycles. The van der Waals surface area contributed by atoms with Gasteiger partial charge in [0.05, 0.1) is 31.9 Å². The highest BCUT2D eigenvalue weighted by Gasteiger charge is 2.34. The van der Waals surface area contributed by atoms with Crippen molar-refractivity contribution in [1.82, 2.24) is 10.2 Å². The van der Waals surface area contributed by atoms with Crippen molar-refractivity contribution in [3.8, 4) is 17.2 Å². The van der Waals surface area contributed by atoms with Crippen molar-refractivity contribution in [2.45, 2.75) is 56.1 Å². The molecule has 1 N–H and O–H groups in total. The van der Waals surface area contributed by atoms with Gasteiger partial charge in [0.15, 0.2) is 11.5 Å². The monoisotopic (exact) mass is 627 g/mol. The van der Waals surface area contributed by atoms with Crippen LogP contribution in [0.1, 0.15) is 38.2 Å². The highest BCUT2D eigenvalue weighted by Crippen LogP contribution is 2.32. The fourth-order valence-corrected chi connectivity index (χ4v) is 6.57. The first-order valence-electron chi connectivity index (χ1n) is 14.3. The molecule has 0 spiro atoms. The molecule has 1 fully saturated rings. The maximum atomic E-state index is 14.1. The Morgan fingerprint density at radius 1 is 0.909 bits per heavy atom. The van der Waals surface area contributed by atoms with E-state index in [1.807, 2.05) is 0 Å². The van der Waals surface area contributed by atoms with Gasteiger partial charge in [-0.3, -0.25) is 13.9 Å². The minimum absolute atomic E-state index is 0.0315. The maximum absolute atomic E-state index is 14.1. The van der Waals surface area contributed by atoms with Crippen LogP contribution in [-0.2, 0) is 26.2 Å². The molecular weight excluding hydrogens is 589 g/mol. The third-order valence-corrected chi connectivity index (χ3v) is 9.49. The number of sulfonamides is 1. The zero-order valence-corrected chi connectivity index (χ0v) is 26.1. The number of methoxy groups -OCH3 is 3. The summed E-state index contributed by atoms with van der Waals surface area (Å²) in [7, 11) is -0.0370. The Morgan fingerprint density at radius 3 is 2.14 bits per heavy atom. The van der Waals surface area contributed by atoms with Gasteiger partial charge in [0, 0.05) is 18.7 Å². The lowest BCUT2D eigenvalue weighted by Gasteiger charge is -2.32. The number of benzene rings is 3. The summed E-state index contributed by atoms with van der Waals surface area (Å²) in [5, 5.41) is 3.04. The molecule has 0 aliphatic heterocycles. The molecule has 0 saturated heterocycles. The Labute approximate surface area is 257 Å². The topological polar surface area (TPSA) is 114 Å². The van der Waals surface area contributed by atoms with Gasteiger partial charge in [-0.2, -0.15) is 0 Å². The van der Waals surface area contributed by atoms with Crippen LogP contribution in [0.4, 0.5) is 10.1 Å². The first kappa shape index (κ1) is 32.6. The van der Waals surface area contributed by atoms with Gasteiger partial charge in [0.25, 0.3) is 10.0 Å². The summed E-state index contributed by atoms with van der Waals surface area (Å²) >= 11 is 0. The van der Waals surface area contributed by atoms with Crippen molar-refractivity contribution in [3.63, 3.8) is 0 Å². The average molecular weight is 628 g/mol. The van der Waals surface area contributed by atoms with Crippen molar-refractivity contribution >= 4 is 27.5 Å². The van der Waals surface area contributed by atoms with Gasteiger partial charge < -0.3 is 24.4 Å². The van der Waals surface area contributed by atoms with E-state index in [2.05, 4.69) is 5.32 Å². The molecule has 1 aliphatic carbocycles. The predicted molar refractivity (Wildman–Crippen MR) is 164 cm³/mol. The fourth-order valence-electron chi connectivity index (χ4n) is 5.14. The fraction of sp³-hybridized carbons (Fsp3) is 0.375. The van der Waals surface area contributed by atoms with Gasteiger partial charge in [0.2, 0.25) is 11.8 Å². The number of anilines is 1. The molecule has 2 amide bonds. The molecule has 0 heterocycles. The standard InChI is InChI=1S/C32H38FN3O7S/c1-22(32(38)34-25-7-5-6-8-25)35(20-23-9-15-27(41-2)16-10-23)31(37)21-36(26-13-11-24(33)12-14-26)44(39,40)28-17-18-29(42-3)30(19-28)43-4/h9-19,22,25H,5-8,20-21H2,1-4H3,(H,34,38). The zero-order chi connectivity index (χ0) is 31.9. The number of halogens is 1. The van der Waals surface area contributed by atoms with Crippen LogP contribution in [0.3, 0.4) is 0 Å². The molecule has 4 rings (SSSR count). The second-order valence-corrected chi connectivity index (χ2v) is 12.4. The van der Waals surface area contributed by atoms with E-state index in [0.29, 0.717) is 11.5 Å². The van der Waals surface area contributed by atoms with Crippen LogP contribution in [0.15, 0.2) is 71.6 Å². The molecule has 1 saturated carbocycles. The van der Waals surface area contributed by atoms with Gasteiger partial charge in [0.1, 0.15) is 24.2 Å². The van der Waals surface area contributed by atoms with Crippen LogP contribution in [0.5, 0.6) is 17.2 Å². The molecule has 1 unspecified atom stereocenters. The summed E-state index contributed by atoms with van der Waals surface area (Å²) in [4.78, 5) is 28.6. The van der Waals surface area contributed by atoms with Crippen molar-refractivity contribution in [2.24, 2.45) is 0 Å². The zero-order valence-electron chi connectivity index (χ0n) is 25.3. The number of nitrogens with zero attached hydrogens (tertiary/aromatic N) is 2. The van der Waals surface area contributed by atoms with E-state index >= 15 is 0 Å². The van der Waals surface area contributed by atoms with Crippen LogP contribution in [0.2, 0.25) is 0 Å². The first-order valence-corrected chi connectivity index (χ1v) is 15.7. The van der Waals surface area contributed by atoms with Gasteiger partial charge in [-0.25, -0.2) is 12.8 Å².